The van der Waals surface area contributed by atoms with Gasteiger partial charge in [-0.25, -0.2) is 13.8 Å². The van der Waals surface area contributed by atoms with E-state index in [1.807, 2.05) is 6.08 Å². The van der Waals surface area contributed by atoms with E-state index in [9.17, 15) is 22.4 Å². The summed E-state index contributed by atoms with van der Waals surface area (Å²) in [7, 11) is 0. The number of nitrogens with zero attached hydrogens (tertiary/aromatic N) is 1. The van der Waals surface area contributed by atoms with Gasteiger partial charge >= 0.3 is 12.3 Å². The monoisotopic (exact) mass is 347 g/mol. The molecule has 0 spiro atoms. The lowest BCUT2D eigenvalue weighted by Crippen LogP contribution is -2.34. The fourth-order valence-electron chi connectivity index (χ4n) is 1.96. The van der Waals surface area contributed by atoms with Crippen LogP contribution in [0.15, 0.2) is 30.0 Å². The van der Waals surface area contributed by atoms with E-state index in [0.29, 0.717) is 6.54 Å². The Morgan fingerprint density at radius 1 is 1.42 bits per heavy atom. The summed E-state index contributed by atoms with van der Waals surface area (Å²) in [6, 6.07) is 2.51. The zero-order valence-corrected chi connectivity index (χ0v) is 12.7. The van der Waals surface area contributed by atoms with Crippen LogP contribution in [0.4, 0.5) is 17.6 Å². The van der Waals surface area contributed by atoms with Gasteiger partial charge < -0.3 is 15.4 Å². The van der Waals surface area contributed by atoms with Crippen LogP contribution in [-0.2, 0) is 0 Å². The van der Waals surface area contributed by atoms with Gasteiger partial charge in [0.1, 0.15) is 0 Å². The van der Waals surface area contributed by atoms with Crippen molar-refractivity contribution in [2.45, 2.75) is 18.8 Å². The second-order valence-electron chi connectivity index (χ2n) is 5.23. The molecule has 1 amide bonds. The minimum atomic E-state index is -4.25. The van der Waals surface area contributed by atoms with Crippen molar-refractivity contribution in [2.75, 3.05) is 26.2 Å². The zero-order valence-electron chi connectivity index (χ0n) is 12.7. The summed E-state index contributed by atoms with van der Waals surface area (Å²) in [5.74, 6) is -4.88. The molecular formula is C15H17F4N3O2. The molecule has 2 N–H and O–H groups in total. The van der Waals surface area contributed by atoms with E-state index in [4.69, 9.17) is 0 Å². The maximum Gasteiger partial charge on any atom is 0.340 e. The molecular weight excluding hydrogens is 330 g/mol. The van der Waals surface area contributed by atoms with Gasteiger partial charge in [-0.05, 0) is 19.0 Å². The molecule has 24 heavy (non-hydrogen) atoms. The van der Waals surface area contributed by atoms with Crippen molar-refractivity contribution in [3.63, 3.8) is 0 Å². The van der Waals surface area contributed by atoms with E-state index in [1.165, 1.54) is 12.1 Å². The largest absolute Gasteiger partial charge is 0.471 e. The summed E-state index contributed by atoms with van der Waals surface area (Å²) in [5.41, 5.74) is 1.33. The summed E-state index contributed by atoms with van der Waals surface area (Å²) < 4.78 is 54.0. The summed E-state index contributed by atoms with van der Waals surface area (Å²) in [6.45, 7) is 0.561. The van der Waals surface area contributed by atoms with Crippen molar-refractivity contribution >= 4 is 5.91 Å². The predicted octanol–water partition coefficient (Wildman–Crippen LogP) is 2.01. The number of aromatic nitrogens is 1. The van der Waals surface area contributed by atoms with Gasteiger partial charge in [0.25, 0.3) is 5.91 Å². The molecule has 1 aromatic heterocycles. The number of pyridine rings is 1. The van der Waals surface area contributed by atoms with Gasteiger partial charge in [-0.3, -0.25) is 4.79 Å². The molecule has 2 heterocycles. The normalized spacial score (nSPS) is 15.1. The Morgan fingerprint density at radius 2 is 2.21 bits per heavy atom. The van der Waals surface area contributed by atoms with Gasteiger partial charge in [0, 0.05) is 25.4 Å². The third kappa shape index (κ3) is 5.19. The second-order valence-corrected chi connectivity index (χ2v) is 5.23. The first-order valence-corrected chi connectivity index (χ1v) is 7.30. The second kappa shape index (κ2) is 8.09. The number of carbonyl (C=O) groups excluding carboxylic acids is 1. The topological polar surface area (TPSA) is 63.2 Å². The molecule has 5 nitrogen and oxygen atoms in total. The molecule has 2 rings (SSSR count). The minimum absolute atomic E-state index is 0.220. The van der Waals surface area contributed by atoms with Crippen molar-refractivity contribution in [1.29, 1.82) is 0 Å². The number of ether oxygens (including phenoxy) is 1. The number of rotatable bonds is 7. The van der Waals surface area contributed by atoms with E-state index in [1.54, 1.807) is 0 Å². The molecule has 0 aliphatic carbocycles. The Morgan fingerprint density at radius 3 is 2.79 bits per heavy atom. The Hall–Kier alpha value is -2.16. The lowest BCUT2D eigenvalue weighted by Gasteiger charge is -2.15. The molecule has 0 aromatic carbocycles. The van der Waals surface area contributed by atoms with Gasteiger partial charge in [0.05, 0.1) is 5.56 Å². The minimum Gasteiger partial charge on any atom is -0.471 e. The van der Waals surface area contributed by atoms with Crippen molar-refractivity contribution in [1.82, 2.24) is 15.6 Å². The van der Waals surface area contributed by atoms with Crippen LogP contribution < -0.4 is 15.4 Å². The first kappa shape index (κ1) is 18.2. The van der Waals surface area contributed by atoms with Crippen LogP contribution in [0.1, 0.15) is 16.8 Å². The smallest absolute Gasteiger partial charge is 0.340 e. The highest BCUT2D eigenvalue weighted by molar-refractivity contribution is 5.94. The molecule has 0 unspecified atom stereocenters. The van der Waals surface area contributed by atoms with Crippen LogP contribution in [0, 0.1) is 0 Å². The van der Waals surface area contributed by atoms with Crippen LogP contribution in [0.2, 0.25) is 0 Å². The van der Waals surface area contributed by atoms with Crippen LogP contribution in [0.3, 0.4) is 0 Å². The molecule has 1 aliphatic heterocycles. The molecule has 9 heteroatoms. The number of nitrogens with one attached hydrogen (secondary N) is 2. The lowest BCUT2D eigenvalue weighted by molar-refractivity contribution is -0.148. The van der Waals surface area contributed by atoms with Crippen molar-refractivity contribution in [3.05, 3.63) is 35.5 Å². The Labute approximate surface area is 136 Å². The standard InChI is InChI=1S/C15H17F4N3O2/c16-14(17)15(18,19)9-24-12-2-1-11(8-21-12)13(23)22-7-10-3-5-20-6-4-10/h1-3,8,14,20H,4-7,9H2,(H,22,23). The first-order chi connectivity index (χ1) is 11.4. The van der Waals surface area contributed by atoms with Gasteiger partial charge in [-0.15, -0.1) is 0 Å². The Bertz CT molecular complexity index is 591. The molecule has 1 aromatic rings. The Balaban J connectivity index is 1.84. The average Bonchev–Trinajstić information content (AvgIpc) is 2.59. The van der Waals surface area contributed by atoms with Crippen molar-refractivity contribution < 1.29 is 27.1 Å². The molecule has 0 bridgehead atoms. The zero-order chi connectivity index (χ0) is 17.6. The quantitative estimate of drug-likeness (QED) is 0.585. The fraction of sp³-hybridized carbons (Fsp3) is 0.467. The van der Waals surface area contributed by atoms with Crippen molar-refractivity contribution in [2.24, 2.45) is 0 Å². The highest BCUT2D eigenvalue weighted by Gasteiger charge is 2.41. The third-order valence-corrected chi connectivity index (χ3v) is 3.36. The number of halogens is 4. The van der Waals surface area contributed by atoms with Gasteiger partial charge in [0.15, 0.2) is 6.61 Å². The molecule has 0 saturated heterocycles. The van der Waals surface area contributed by atoms with Crippen molar-refractivity contribution in [3.8, 4) is 5.88 Å². The van der Waals surface area contributed by atoms with Crippen LogP contribution in [0.25, 0.3) is 0 Å². The summed E-state index contributed by atoms with van der Waals surface area (Å²) >= 11 is 0. The fourth-order valence-corrected chi connectivity index (χ4v) is 1.96. The van der Waals surface area contributed by atoms with Crippen LogP contribution in [-0.4, -0.2) is 49.5 Å². The van der Waals surface area contributed by atoms with Gasteiger partial charge in [-0.1, -0.05) is 11.6 Å². The summed E-state index contributed by atoms with van der Waals surface area (Å²) in [6.07, 6.45) is 0.181. The summed E-state index contributed by atoms with van der Waals surface area (Å²) in [5, 5.41) is 5.88. The first-order valence-electron chi connectivity index (χ1n) is 7.30. The van der Waals surface area contributed by atoms with Gasteiger partial charge in [0.2, 0.25) is 5.88 Å². The molecule has 132 valence electrons. The summed E-state index contributed by atoms with van der Waals surface area (Å²) in [4.78, 5) is 15.6. The molecule has 0 atom stereocenters. The van der Waals surface area contributed by atoms with E-state index in [0.717, 1.165) is 31.3 Å². The van der Waals surface area contributed by atoms with E-state index in [-0.39, 0.29) is 17.4 Å². The van der Waals surface area contributed by atoms with Gasteiger partial charge in [-0.2, -0.15) is 8.78 Å². The van der Waals surface area contributed by atoms with E-state index >= 15 is 0 Å². The van der Waals surface area contributed by atoms with E-state index in [2.05, 4.69) is 20.4 Å². The van der Waals surface area contributed by atoms with Crippen LogP contribution >= 0.6 is 0 Å². The Kier molecular flexibility index (Phi) is 6.13. The SMILES string of the molecule is O=C(NCC1=CCNCC1)c1ccc(OCC(F)(F)C(F)F)nc1. The molecule has 0 saturated carbocycles. The highest BCUT2D eigenvalue weighted by Crippen LogP contribution is 2.23. The predicted molar refractivity (Wildman–Crippen MR) is 78.6 cm³/mol. The number of hydrogen-bond donors (Lipinski definition) is 2. The maximum absolute atomic E-state index is 12.7. The molecule has 0 radical (unpaired) electrons. The number of amides is 1. The van der Waals surface area contributed by atoms with Crippen LogP contribution in [0.5, 0.6) is 5.88 Å². The highest BCUT2D eigenvalue weighted by atomic mass is 19.3. The maximum atomic E-state index is 12.7. The third-order valence-electron chi connectivity index (χ3n) is 3.36. The number of alkyl halides is 4. The molecule has 1 aliphatic rings. The molecule has 0 fully saturated rings. The van der Waals surface area contributed by atoms with E-state index < -0.39 is 19.0 Å². The number of hydrogen-bond acceptors (Lipinski definition) is 4. The average molecular weight is 347 g/mol. The lowest BCUT2D eigenvalue weighted by atomic mass is 10.1. The number of carbonyl (C=O) groups is 1.